The Hall–Kier alpha value is -0.0900. The van der Waals surface area contributed by atoms with Gasteiger partial charge in [-0.05, 0) is 27.6 Å². The Labute approximate surface area is 80.5 Å². The molecule has 0 atom stereocenters. The molecular weight excluding hydrogens is 279 g/mol. The van der Waals surface area contributed by atoms with Gasteiger partial charge in [0.2, 0.25) is 0 Å². The molecule has 1 aromatic carbocycles. The third-order valence-electron chi connectivity index (χ3n) is 1.29. The lowest BCUT2D eigenvalue weighted by atomic mass is 10.2. The van der Waals surface area contributed by atoms with Crippen molar-refractivity contribution in [2.24, 2.45) is 0 Å². The monoisotopic (exact) mass is 282 g/mol. The lowest BCUT2D eigenvalue weighted by Gasteiger charge is -2.02. The van der Waals surface area contributed by atoms with Crippen molar-refractivity contribution in [1.82, 2.24) is 0 Å². The molecule has 1 rings (SSSR count). The van der Waals surface area contributed by atoms with Gasteiger partial charge in [0.25, 0.3) is 0 Å². The molecule has 0 aromatic heterocycles. The summed E-state index contributed by atoms with van der Waals surface area (Å²) in [4.78, 5) is 0. The zero-order valence-electron chi connectivity index (χ0n) is 5.44. The van der Waals surface area contributed by atoms with Crippen LogP contribution >= 0.6 is 31.9 Å². The van der Waals surface area contributed by atoms with Gasteiger partial charge in [-0.15, -0.1) is 0 Å². The predicted octanol–water partition coefficient (Wildman–Crippen LogP) is 3.19. The second-order valence-corrected chi connectivity index (χ2v) is 3.36. The van der Waals surface area contributed by atoms with E-state index in [0.717, 1.165) is 5.56 Å². The number of hydrogen-bond donors (Lipinski definition) is 1. The van der Waals surface area contributed by atoms with E-state index in [2.05, 4.69) is 31.9 Å². The maximum Gasteiger partial charge on any atom is 0.166 e. The first-order valence-corrected chi connectivity index (χ1v) is 4.80. The van der Waals surface area contributed by atoms with Crippen LogP contribution in [0.3, 0.4) is 0 Å². The SMILES string of the molecule is Oc1c(F)ccc(CBr)c1Br. The van der Waals surface area contributed by atoms with Crippen molar-refractivity contribution in [2.45, 2.75) is 5.33 Å². The van der Waals surface area contributed by atoms with Crippen LogP contribution in [0.2, 0.25) is 0 Å². The Morgan fingerprint density at radius 2 is 2.09 bits per heavy atom. The minimum atomic E-state index is -0.610. The highest BCUT2D eigenvalue weighted by molar-refractivity contribution is 9.11. The van der Waals surface area contributed by atoms with Gasteiger partial charge < -0.3 is 5.11 Å². The van der Waals surface area contributed by atoms with Gasteiger partial charge in [-0.2, -0.15) is 0 Å². The molecule has 1 N–H and O–H groups in total. The minimum Gasteiger partial charge on any atom is -0.504 e. The molecule has 0 spiro atoms. The van der Waals surface area contributed by atoms with Crippen molar-refractivity contribution in [3.63, 3.8) is 0 Å². The molecule has 4 heteroatoms. The molecule has 0 heterocycles. The first-order chi connectivity index (χ1) is 5.16. The third-order valence-corrected chi connectivity index (χ3v) is 2.78. The van der Waals surface area contributed by atoms with Crippen LogP contribution in [0.5, 0.6) is 5.75 Å². The van der Waals surface area contributed by atoms with Crippen molar-refractivity contribution in [2.75, 3.05) is 0 Å². The summed E-state index contributed by atoms with van der Waals surface area (Å²) in [6.07, 6.45) is 0. The van der Waals surface area contributed by atoms with Crippen LogP contribution in [0.4, 0.5) is 4.39 Å². The number of alkyl halides is 1. The second-order valence-electron chi connectivity index (χ2n) is 2.00. The molecule has 0 aliphatic heterocycles. The summed E-state index contributed by atoms with van der Waals surface area (Å²) in [5.41, 5.74) is 0.823. The summed E-state index contributed by atoms with van der Waals surface area (Å²) in [5.74, 6) is -0.941. The van der Waals surface area contributed by atoms with E-state index in [1.54, 1.807) is 6.07 Å². The fourth-order valence-corrected chi connectivity index (χ4v) is 1.99. The van der Waals surface area contributed by atoms with E-state index in [-0.39, 0.29) is 5.75 Å². The molecule has 11 heavy (non-hydrogen) atoms. The van der Waals surface area contributed by atoms with Crippen LogP contribution < -0.4 is 0 Å². The molecule has 1 aromatic rings. The highest BCUT2D eigenvalue weighted by atomic mass is 79.9. The Balaban J connectivity index is 3.25. The Bertz CT molecular complexity index is 275. The first-order valence-electron chi connectivity index (χ1n) is 2.88. The highest BCUT2D eigenvalue weighted by Crippen LogP contribution is 2.31. The quantitative estimate of drug-likeness (QED) is 0.785. The van der Waals surface area contributed by atoms with Crippen LogP contribution in [0.1, 0.15) is 5.56 Å². The van der Waals surface area contributed by atoms with Crippen LogP contribution in [0.25, 0.3) is 0 Å². The van der Waals surface area contributed by atoms with Gasteiger partial charge in [0.15, 0.2) is 11.6 Å². The lowest BCUT2D eigenvalue weighted by Crippen LogP contribution is -1.84. The molecule has 0 fully saturated rings. The van der Waals surface area contributed by atoms with Gasteiger partial charge in [0, 0.05) is 5.33 Å². The average Bonchev–Trinajstić information content (AvgIpc) is 2.01. The Kier molecular flexibility index (Phi) is 2.90. The molecule has 0 saturated heterocycles. The van der Waals surface area contributed by atoms with Crippen LogP contribution in [-0.4, -0.2) is 5.11 Å². The normalized spacial score (nSPS) is 10.1. The smallest absolute Gasteiger partial charge is 0.166 e. The fraction of sp³-hybridized carbons (Fsp3) is 0.143. The summed E-state index contributed by atoms with van der Waals surface area (Å²) < 4.78 is 13.0. The van der Waals surface area contributed by atoms with Crippen molar-refractivity contribution >= 4 is 31.9 Å². The number of hydrogen-bond acceptors (Lipinski definition) is 1. The maximum atomic E-state index is 12.6. The van der Waals surface area contributed by atoms with Crippen molar-refractivity contribution in [3.8, 4) is 5.75 Å². The number of aromatic hydroxyl groups is 1. The van der Waals surface area contributed by atoms with Gasteiger partial charge in [0.05, 0.1) is 4.47 Å². The predicted molar refractivity (Wildman–Crippen MR) is 48.4 cm³/mol. The standard InChI is InChI=1S/C7H5Br2FO/c8-3-4-1-2-5(10)7(11)6(4)9/h1-2,11H,3H2. The fourth-order valence-electron chi connectivity index (χ4n) is 0.686. The number of phenolic OH excluding ortho intramolecular Hbond substituents is 1. The number of rotatable bonds is 1. The van der Waals surface area contributed by atoms with E-state index in [4.69, 9.17) is 5.11 Å². The third kappa shape index (κ3) is 1.73. The summed E-state index contributed by atoms with van der Waals surface area (Å²) in [6.45, 7) is 0. The molecule has 0 bridgehead atoms. The van der Waals surface area contributed by atoms with E-state index in [0.29, 0.717) is 9.80 Å². The van der Waals surface area contributed by atoms with Gasteiger partial charge in [0.1, 0.15) is 0 Å². The minimum absolute atomic E-state index is 0.332. The number of halogens is 3. The van der Waals surface area contributed by atoms with Gasteiger partial charge in [-0.25, -0.2) is 4.39 Å². The highest BCUT2D eigenvalue weighted by Gasteiger charge is 2.08. The average molecular weight is 284 g/mol. The maximum absolute atomic E-state index is 12.6. The van der Waals surface area contributed by atoms with Crippen molar-refractivity contribution in [3.05, 3.63) is 28.0 Å². The molecule has 0 aliphatic rings. The number of benzene rings is 1. The first kappa shape index (κ1) is 9.00. The Morgan fingerprint density at radius 1 is 1.45 bits per heavy atom. The molecule has 0 amide bonds. The largest absolute Gasteiger partial charge is 0.504 e. The molecule has 0 saturated carbocycles. The second kappa shape index (κ2) is 3.54. The van der Waals surface area contributed by atoms with Gasteiger partial charge in [-0.3, -0.25) is 0 Å². The van der Waals surface area contributed by atoms with E-state index < -0.39 is 5.82 Å². The molecule has 0 unspecified atom stereocenters. The van der Waals surface area contributed by atoms with Crippen LogP contribution in [0.15, 0.2) is 16.6 Å². The summed E-state index contributed by atoms with van der Waals surface area (Å²) in [6, 6.07) is 2.84. The van der Waals surface area contributed by atoms with Crippen molar-refractivity contribution < 1.29 is 9.50 Å². The summed E-state index contributed by atoms with van der Waals surface area (Å²) in [7, 11) is 0. The summed E-state index contributed by atoms with van der Waals surface area (Å²) in [5, 5.41) is 9.66. The zero-order chi connectivity index (χ0) is 8.43. The van der Waals surface area contributed by atoms with Crippen LogP contribution in [0, 0.1) is 5.82 Å². The van der Waals surface area contributed by atoms with Gasteiger partial charge >= 0.3 is 0 Å². The molecule has 0 radical (unpaired) electrons. The van der Waals surface area contributed by atoms with Crippen molar-refractivity contribution in [1.29, 1.82) is 0 Å². The van der Waals surface area contributed by atoms with E-state index in [1.165, 1.54) is 6.07 Å². The van der Waals surface area contributed by atoms with E-state index in [9.17, 15) is 4.39 Å². The van der Waals surface area contributed by atoms with Gasteiger partial charge in [-0.1, -0.05) is 22.0 Å². The van der Waals surface area contributed by atoms with E-state index >= 15 is 0 Å². The van der Waals surface area contributed by atoms with E-state index in [1.807, 2.05) is 0 Å². The molecule has 60 valence electrons. The molecule has 1 nitrogen and oxygen atoms in total. The Morgan fingerprint density at radius 3 is 2.64 bits per heavy atom. The topological polar surface area (TPSA) is 20.2 Å². The number of phenols is 1. The van der Waals surface area contributed by atoms with Crippen LogP contribution in [-0.2, 0) is 5.33 Å². The lowest BCUT2D eigenvalue weighted by molar-refractivity contribution is 0.428. The zero-order valence-corrected chi connectivity index (χ0v) is 8.61. The molecule has 0 aliphatic carbocycles. The molecular formula is C7H5Br2FO. The summed E-state index contributed by atoms with van der Waals surface area (Å²) >= 11 is 6.27.